The quantitative estimate of drug-likeness (QED) is 0.505. The molecule has 4 amide bonds. The lowest BCUT2D eigenvalue weighted by Crippen LogP contribution is -2.42. The molecule has 1 aliphatic heterocycles. The number of anilines is 1. The lowest BCUT2D eigenvalue weighted by atomic mass is 9.91. The van der Waals surface area contributed by atoms with Gasteiger partial charge in [0.25, 0.3) is 5.91 Å². The molecule has 0 aliphatic carbocycles. The van der Waals surface area contributed by atoms with E-state index in [0.717, 1.165) is 15.3 Å². The Bertz CT molecular complexity index is 1030. The van der Waals surface area contributed by atoms with E-state index < -0.39 is 35.9 Å². The number of rotatable bonds is 7. The number of urea groups is 1. The van der Waals surface area contributed by atoms with Crippen LogP contribution in [0.15, 0.2) is 30.3 Å². The molecule has 1 atom stereocenters. The molecule has 1 aliphatic rings. The van der Waals surface area contributed by atoms with E-state index in [2.05, 4.69) is 10.6 Å². The van der Waals surface area contributed by atoms with Crippen molar-refractivity contribution in [3.63, 3.8) is 0 Å². The average molecular weight is 444 g/mol. The number of thiophene rings is 1. The molecule has 2 aromatic rings. The number of hydrogen-bond donors (Lipinski definition) is 2. The normalized spacial score (nSPS) is 18.1. The third-order valence-electron chi connectivity index (χ3n) is 5.09. The Morgan fingerprint density at radius 2 is 1.87 bits per heavy atom. The highest BCUT2D eigenvalue weighted by Gasteiger charge is 2.49. The summed E-state index contributed by atoms with van der Waals surface area (Å²) in [5.41, 5.74) is 0.674. The average Bonchev–Trinajstić information content (AvgIpc) is 3.23. The highest BCUT2D eigenvalue weighted by molar-refractivity contribution is 7.16. The summed E-state index contributed by atoms with van der Waals surface area (Å²) in [5.74, 6) is -1.62. The van der Waals surface area contributed by atoms with Gasteiger partial charge in [0.05, 0.1) is 12.2 Å². The van der Waals surface area contributed by atoms with Crippen molar-refractivity contribution in [2.24, 2.45) is 0 Å². The molecule has 9 heteroatoms. The molecule has 1 saturated heterocycles. The van der Waals surface area contributed by atoms with Gasteiger partial charge < -0.3 is 15.4 Å². The summed E-state index contributed by atoms with van der Waals surface area (Å²) >= 11 is 1.26. The third-order valence-corrected chi connectivity index (χ3v) is 6.28. The van der Waals surface area contributed by atoms with Crippen molar-refractivity contribution < 1.29 is 23.9 Å². The molecule has 1 aromatic carbocycles. The number of carbonyl (C=O) groups excluding carboxylic acids is 4. The zero-order valence-electron chi connectivity index (χ0n) is 17.9. The summed E-state index contributed by atoms with van der Waals surface area (Å²) < 4.78 is 5.05. The molecule has 0 saturated carbocycles. The van der Waals surface area contributed by atoms with Crippen molar-refractivity contribution in [3.05, 3.63) is 51.9 Å². The standard InChI is InChI=1S/C22H25N3O5S/c1-5-15-11-16(19(27)30-6-2)18(31-15)23-17(26)12-25-20(28)22(4,24-21(25)29)14-9-7-13(3)8-10-14/h7-11H,5-6,12H2,1-4H3,(H,23,26)(H,24,29)/t22-/m0/s1. The fourth-order valence-electron chi connectivity index (χ4n) is 3.30. The second-order valence-corrected chi connectivity index (χ2v) is 8.53. The van der Waals surface area contributed by atoms with Crippen LogP contribution in [0.4, 0.5) is 9.80 Å². The first-order valence-electron chi connectivity index (χ1n) is 10.0. The number of amides is 4. The fourth-order valence-corrected chi connectivity index (χ4v) is 4.30. The van der Waals surface area contributed by atoms with Crippen molar-refractivity contribution in [1.29, 1.82) is 0 Å². The van der Waals surface area contributed by atoms with E-state index in [1.807, 2.05) is 26.0 Å². The molecule has 2 N–H and O–H groups in total. The lowest BCUT2D eigenvalue weighted by molar-refractivity contribution is -0.133. The van der Waals surface area contributed by atoms with Crippen molar-refractivity contribution in [1.82, 2.24) is 10.2 Å². The third kappa shape index (κ3) is 4.46. The topological polar surface area (TPSA) is 105 Å². The van der Waals surface area contributed by atoms with Gasteiger partial charge in [0, 0.05) is 4.88 Å². The van der Waals surface area contributed by atoms with Crippen molar-refractivity contribution >= 4 is 40.2 Å². The molecule has 0 bridgehead atoms. The van der Waals surface area contributed by atoms with Crippen LogP contribution >= 0.6 is 11.3 Å². The molecule has 0 unspecified atom stereocenters. The van der Waals surface area contributed by atoms with E-state index in [4.69, 9.17) is 4.74 Å². The largest absolute Gasteiger partial charge is 0.462 e. The van der Waals surface area contributed by atoms with Crippen LogP contribution in [0.2, 0.25) is 0 Å². The number of nitrogens with zero attached hydrogens (tertiary/aromatic N) is 1. The number of aryl methyl sites for hydroxylation is 2. The van der Waals surface area contributed by atoms with Crippen LogP contribution in [-0.2, 0) is 26.3 Å². The maximum absolute atomic E-state index is 13.0. The van der Waals surface area contributed by atoms with E-state index in [1.165, 1.54) is 11.3 Å². The summed E-state index contributed by atoms with van der Waals surface area (Å²) in [7, 11) is 0. The maximum atomic E-state index is 13.0. The molecule has 1 fully saturated rings. The Labute approximate surface area is 184 Å². The predicted molar refractivity (Wildman–Crippen MR) is 117 cm³/mol. The van der Waals surface area contributed by atoms with Gasteiger partial charge in [-0.2, -0.15) is 0 Å². The lowest BCUT2D eigenvalue weighted by Gasteiger charge is -2.22. The monoisotopic (exact) mass is 443 g/mol. The van der Waals surface area contributed by atoms with Gasteiger partial charge in [-0.25, -0.2) is 9.59 Å². The van der Waals surface area contributed by atoms with Crippen LogP contribution in [0, 0.1) is 6.92 Å². The first kappa shape index (κ1) is 22.5. The van der Waals surface area contributed by atoms with Crippen LogP contribution < -0.4 is 10.6 Å². The minimum atomic E-state index is -1.25. The van der Waals surface area contributed by atoms with Crippen LogP contribution in [-0.4, -0.2) is 41.9 Å². The van der Waals surface area contributed by atoms with E-state index >= 15 is 0 Å². The Hall–Kier alpha value is -3.20. The van der Waals surface area contributed by atoms with Crippen molar-refractivity contribution in [2.45, 2.75) is 39.7 Å². The second-order valence-electron chi connectivity index (χ2n) is 7.39. The van der Waals surface area contributed by atoms with Gasteiger partial charge in [-0.05, 0) is 38.8 Å². The summed E-state index contributed by atoms with van der Waals surface area (Å²) in [6, 6.07) is 8.30. The first-order valence-corrected chi connectivity index (χ1v) is 10.8. The molecule has 3 rings (SSSR count). The molecule has 164 valence electrons. The van der Waals surface area contributed by atoms with Gasteiger partial charge in [0.1, 0.15) is 17.1 Å². The summed E-state index contributed by atoms with van der Waals surface area (Å²) in [6.07, 6.45) is 0.689. The molecule has 0 spiro atoms. The minimum Gasteiger partial charge on any atom is -0.462 e. The fraction of sp³-hybridized carbons (Fsp3) is 0.364. The summed E-state index contributed by atoms with van der Waals surface area (Å²) in [4.78, 5) is 52.1. The second kappa shape index (κ2) is 8.89. The van der Waals surface area contributed by atoms with Gasteiger partial charge in [-0.1, -0.05) is 36.8 Å². The number of imide groups is 1. The van der Waals surface area contributed by atoms with Crippen LogP contribution in [0.3, 0.4) is 0 Å². The predicted octanol–water partition coefficient (Wildman–Crippen LogP) is 3.20. The molecule has 8 nitrogen and oxygen atoms in total. The maximum Gasteiger partial charge on any atom is 0.341 e. The van der Waals surface area contributed by atoms with Crippen LogP contribution in [0.5, 0.6) is 0 Å². The van der Waals surface area contributed by atoms with E-state index in [1.54, 1.807) is 32.0 Å². The van der Waals surface area contributed by atoms with E-state index in [-0.39, 0.29) is 12.2 Å². The molecule has 31 heavy (non-hydrogen) atoms. The molecular weight excluding hydrogens is 418 g/mol. The van der Waals surface area contributed by atoms with Crippen molar-refractivity contribution in [3.8, 4) is 0 Å². The summed E-state index contributed by atoms with van der Waals surface area (Å²) in [6.45, 7) is 6.92. The van der Waals surface area contributed by atoms with Gasteiger partial charge in [0.15, 0.2) is 0 Å². The van der Waals surface area contributed by atoms with Gasteiger partial charge in [0.2, 0.25) is 5.91 Å². The van der Waals surface area contributed by atoms with E-state index in [9.17, 15) is 19.2 Å². The summed E-state index contributed by atoms with van der Waals surface area (Å²) in [5, 5.41) is 5.67. The number of ether oxygens (including phenoxy) is 1. The molecule has 2 heterocycles. The molecule has 0 radical (unpaired) electrons. The van der Waals surface area contributed by atoms with Crippen LogP contribution in [0.25, 0.3) is 0 Å². The Balaban J connectivity index is 1.76. The molecular formula is C22H25N3O5S. The number of carbonyl (C=O) groups is 4. The van der Waals surface area contributed by atoms with E-state index in [0.29, 0.717) is 17.0 Å². The van der Waals surface area contributed by atoms with Gasteiger partial charge >= 0.3 is 12.0 Å². The zero-order chi connectivity index (χ0) is 22.8. The van der Waals surface area contributed by atoms with Gasteiger partial charge in [-0.15, -0.1) is 11.3 Å². The number of esters is 1. The minimum absolute atomic E-state index is 0.212. The highest BCUT2D eigenvalue weighted by Crippen LogP contribution is 2.31. The zero-order valence-corrected chi connectivity index (χ0v) is 18.7. The Morgan fingerprint density at radius 3 is 2.48 bits per heavy atom. The number of nitrogens with one attached hydrogen (secondary N) is 2. The SMILES string of the molecule is CCOC(=O)c1cc(CC)sc1NC(=O)CN1C(=O)N[C@@](C)(c2ccc(C)cc2)C1=O. The highest BCUT2D eigenvalue weighted by atomic mass is 32.1. The number of benzene rings is 1. The smallest absolute Gasteiger partial charge is 0.341 e. The first-order chi connectivity index (χ1) is 14.7. The van der Waals surface area contributed by atoms with Crippen LogP contribution in [0.1, 0.15) is 47.1 Å². The molecule has 1 aromatic heterocycles. The van der Waals surface area contributed by atoms with Crippen molar-refractivity contribution in [2.75, 3.05) is 18.5 Å². The Kier molecular flexibility index (Phi) is 6.45. The Morgan fingerprint density at radius 1 is 1.19 bits per heavy atom. The number of hydrogen-bond acceptors (Lipinski definition) is 6. The van der Waals surface area contributed by atoms with Gasteiger partial charge in [-0.3, -0.25) is 14.5 Å².